The topological polar surface area (TPSA) is 78.0 Å². The molecular weight excluding hydrogens is 402 g/mol. The summed E-state index contributed by atoms with van der Waals surface area (Å²) in [6.45, 7) is 4.78. The number of carbonyl (C=O) groups is 2. The third-order valence-corrected chi connectivity index (χ3v) is 8.51. The van der Waals surface area contributed by atoms with Crippen LogP contribution in [0.2, 0.25) is 0 Å². The van der Waals surface area contributed by atoms with E-state index in [1.165, 1.54) is 0 Å². The van der Waals surface area contributed by atoms with Crippen LogP contribution in [0.5, 0.6) is 0 Å². The molecule has 0 spiro atoms. The molecule has 2 amide bonds. The summed E-state index contributed by atoms with van der Waals surface area (Å²) < 4.78 is 27.9. The molecule has 2 fully saturated rings. The standard InChI is InChI=1S/C22H31N3O4S/c1-17-9-13-24(14-10-17)30(28,29)19-7-8-20-18(15-19)5-4-6-21(26)25(20)16-22(27)23-11-2-3-12-23/h7-8,15,17H,2-6,9-14,16H2,1H3. The average molecular weight is 434 g/mol. The molecule has 2 saturated heterocycles. The van der Waals surface area contributed by atoms with Crippen LogP contribution in [-0.2, 0) is 26.0 Å². The number of hydrogen-bond acceptors (Lipinski definition) is 4. The molecule has 0 bridgehead atoms. The minimum Gasteiger partial charge on any atom is -0.341 e. The largest absolute Gasteiger partial charge is 0.341 e. The Morgan fingerprint density at radius 1 is 1.03 bits per heavy atom. The number of rotatable bonds is 4. The van der Waals surface area contributed by atoms with Crippen molar-refractivity contribution < 1.29 is 18.0 Å². The highest BCUT2D eigenvalue weighted by Crippen LogP contribution is 2.31. The van der Waals surface area contributed by atoms with Crippen molar-refractivity contribution in [3.05, 3.63) is 23.8 Å². The van der Waals surface area contributed by atoms with Gasteiger partial charge in [-0.3, -0.25) is 9.59 Å². The number of amides is 2. The van der Waals surface area contributed by atoms with Crippen molar-refractivity contribution in [1.29, 1.82) is 0 Å². The first-order valence-corrected chi connectivity index (χ1v) is 12.5. The van der Waals surface area contributed by atoms with Gasteiger partial charge in [-0.25, -0.2) is 8.42 Å². The summed E-state index contributed by atoms with van der Waals surface area (Å²) in [7, 11) is -3.54. The van der Waals surface area contributed by atoms with Crippen molar-refractivity contribution >= 4 is 27.5 Å². The Balaban J connectivity index is 1.59. The molecule has 0 saturated carbocycles. The van der Waals surface area contributed by atoms with Crippen LogP contribution in [0.25, 0.3) is 0 Å². The third kappa shape index (κ3) is 4.25. The predicted octanol–water partition coefficient (Wildman–Crippen LogP) is 2.40. The van der Waals surface area contributed by atoms with Gasteiger partial charge in [-0.1, -0.05) is 6.92 Å². The van der Waals surface area contributed by atoms with Crippen molar-refractivity contribution in [3.63, 3.8) is 0 Å². The molecule has 4 rings (SSSR count). The lowest BCUT2D eigenvalue weighted by Gasteiger charge is -2.30. The van der Waals surface area contributed by atoms with E-state index in [0.29, 0.717) is 44.0 Å². The van der Waals surface area contributed by atoms with Crippen LogP contribution < -0.4 is 4.90 Å². The number of nitrogens with zero attached hydrogens (tertiary/aromatic N) is 3. The van der Waals surface area contributed by atoms with Gasteiger partial charge in [0, 0.05) is 38.3 Å². The zero-order valence-corrected chi connectivity index (χ0v) is 18.5. The molecule has 30 heavy (non-hydrogen) atoms. The van der Waals surface area contributed by atoms with Crippen molar-refractivity contribution in [1.82, 2.24) is 9.21 Å². The zero-order valence-electron chi connectivity index (χ0n) is 17.7. The second-order valence-electron chi connectivity index (χ2n) is 8.80. The van der Waals surface area contributed by atoms with Crippen molar-refractivity contribution in [2.24, 2.45) is 5.92 Å². The van der Waals surface area contributed by atoms with Crippen LogP contribution in [0.1, 0.15) is 51.0 Å². The highest BCUT2D eigenvalue weighted by molar-refractivity contribution is 7.89. The number of piperidine rings is 1. The Kier molecular flexibility index (Phi) is 6.16. The fraction of sp³-hybridized carbons (Fsp3) is 0.636. The average Bonchev–Trinajstić information content (AvgIpc) is 3.22. The molecular formula is C22H31N3O4S. The molecule has 0 N–H and O–H groups in total. The van der Waals surface area contributed by atoms with E-state index in [2.05, 4.69) is 6.92 Å². The second kappa shape index (κ2) is 8.67. The van der Waals surface area contributed by atoms with Crippen LogP contribution >= 0.6 is 0 Å². The SMILES string of the molecule is CC1CCN(S(=O)(=O)c2ccc3c(c2)CCCC(=O)N3CC(=O)N2CCCC2)CC1. The minimum atomic E-state index is -3.54. The molecule has 8 heteroatoms. The minimum absolute atomic E-state index is 0.0297. The van der Waals surface area contributed by atoms with E-state index in [1.807, 2.05) is 4.90 Å². The molecule has 164 valence electrons. The number of anilines is 1. The number of fused-ring (bicyclic) bond motifs is 1. The summed E-state index contributed by atoms with van der Waals surface area (Å²) >= 11 is 0. The van der Waals surface area contributed by atoms with Gasteiger partial charge in [0.15, 0.2) is 0 Å². The summed E-state index contributed by atoms with van der Waals surface area (Å²) in [5.74, 6) is 0.450. The summed E-state index contributed by atoms with van der Waals surface area (Å²) in [5, 5.41) is 0. The Morgan fingerprint density at radius 2 is 1.73 bits per heavy atom. The zero-order chi connectivity index (χ0) is 21.3. The maximum absolute atomic E-state index is 13.1. The van der Waals surface area contributed by atoms with E-state index < -0.39 is 10.0 Å². The van der Waals surface area contributed by atoms with E-state index in [4.69, 9.17) is 0 Å². The quantitative estimate of drug-likeness (QED) is 0.731. The molecule has 1 aromatic rings. The molecule has 7 nitrogen and oxygen atoms in total. The predicted molar refractivity (Wildman–Crippen MR) is 115 cm³/mol. The first kappa shape index (κ1) is 21.3. The maximum atomic E-state index is 13.1. The lowest BCUT2D eigenvalue weighted by atomic mass is 10.0. The lowest BCUT2D eigenvalue weighted by Crippen LogP contribution is -2.42. The smallest absolute Gasteiger partial charge is 0.243 e. The van der Waals surface area contributed by atoms with Gasteiger partial charge in [0.1, 0.15) is 6.54 Å². The Bertz CT molecular complexity index is 916. The monoisotopic (exact) mass is 433 g/mol. The molecule has 3 aliphatic rings. The Hall–Kier alpha value is -1.93. The summed E-state index contributed by atoms with van der Waals surface area (Å²) in [4.78, 5) is 29.0. The number of sulfonamides is 1. The molecule has 3 heterocycles. The highest BCUT2D eigenvalue weighted by Gasteiger charge is 2.31. The third-order valence-electron chi connectivity index (χ3n) is 6.61. The van der Waals surface area contributed by atoms with Gasteiger partial charge < -0.3 is 9.80 Å². The number of hydrogen-bond donors (Lipinski definition) is 0. The van der Waals surface area contributed by atoms with Crippen LogP contribution in [0.4, 0.5) is 5.69 Å². The lowest BCUT2D eigenvalue weighted by molar-refractivity contribution is -0.130. The summed E-state index contributed by atoms with van der Waals surface area (Å²) in [5.41, 5.74) is 1.51. The normalized spacial score (nSPS) is 21.6. The number of benzene rings is 1. The Morgan fingerprint density at radius 3 is 2.43 bits per heavy atom. The second-order valence-corrected chi connectivity index (χ2v) is 10.7. The van der Waals surface area contributed by atoms with Crippen LogP contribution in [-0.4, -0.2) is 62.2 Å². The fourth-order valence-electron chi connectivity index (χ4n) is 4.63. The summed E-state index contributed by atoms with van der Waals surface area (Å²) in [6.07, 6.45) is 5.44. The van der Waals surface area contributed by atoms with E-state index in [-0.39, 0.29) is 23.3 Å². The van der Waals surface area contributed by atoms with Gasteiger partial charge in [-0.05, 0) is 68.2 Å². The van der Waals surface area contributed by atoms with Crippen LogP contribution in [0.3, 0.4) is 0 Å². The van der Waals surface area contributed by atoms with Gasteiger partial charge in [0.05, 0.1) is 4.90 Å². The van der Waals surface area contributed by atoms with E-state index in [0.717, 1.165) is 44.3 Å². The van der Waals surface area contributed by atoms with Gasteiger partial charge in [-0.15, -0.1) is 0 Å². The molecule has 1 aromatic carbocycles. The molecule has 0 aromatic heterocycles. The molecule has 3 aliphatic heterocycles. The Labute approximate surface area is 179 Å². The molecule has 0 aliphatic carbocycles. The van der Waals surface area contributed by atoms with Crippen molar-refractivity contribution in [2.75, 3.05) is 37.6 Å². The highest BCUT2D eigenvalue weighted by atomic mass is 32.2. The molecule has 0 radical (unpaired) electrons. The van der Waals surface area contributed by atoms with Crippen molar-refractivity contribution in [3.8, 4) is 0 Å². The maximum Gasteiger partial charge on any atom is 0.243 e. The first-order chi connectivity index (χ1) is 14.4. The number of aryl methyl sites for hydroxylation is 1. The fourth-order valence-corrected chi connectivity index (χ4v) is 6.16. The van der Waals surface area contributed by atoms with Gasteiger partial charge in [0.2, 0.25) is 21.8 Å². The van der Waals surface area contributed by atoms with Gasteiger partial charge >= 0.3 is 0 Å². The van der Waals surface area contributed by atoms with Crippen LogP contribution in [0.15, 0.2) is 23.1 Å². The van der Waals surface area contributed by atoms with E-state index in [9.17, 15) is 18.0 Å². The van der Waals surface area contributed by atoms with Gasteiger partial charge in [-0.2, -0.15) is 4.31 Å². The number of carbonyl (C=O) groups excluding carboxylic acids is 2. The van der Waals surface area contributed by atoms with E-state index in [1.54, 1.807) is 27.4 Å². The summed E-state index contributed by atoms with van der Waals surface area (Å²) in [6, 6.07) is 5.03. The van der Waals surface area contributed by atoms with E-state index >= 15 is 0 Å². The van der Waals surface area contributed by atoms with Gasteiger partial charge in [0.25, 0.3) is 0 Å². The van der Waals surface area contributed by atoms with Crippen molar-refractivity contribution in [2.45, 2.75) is 56.8 Å². The first-order valence-electron chi connectivity index (χ1n) is 11.1. The molecule has 0 unspecified atom stereocenters. The molecule has 0 atom stereocenters. The number of likely N-dealkylation sites (tertiary alicyclic amines) is 1. The van der Waals surface area contributed by atoms with Crippen LogP contribution in [0, 0.1) is 5.92 Å².